The van der Waals surface area contributed by atoms with Crippen LogP contribution in [0.1, 0.15) is 34.7 Å². The van der Waals surface area contributed by atoms with Gasteiger partial charge in [0, 0.05) is 0 Å². The van der Waals surface area contributed by atoms with Crippen molar-refractivity contribution in [1.82, 2.24) is 0 Å². The van der Waals surface area contributed by atoms with Gasteiger partial charge in [-0.15, -0.1) is 0 Å². The average Bonchev–Trinajstić information content (AvgIpc) is 2.54. The molecule has 0 aliphatic rings. The monoisotopic (exact) mass is 331 g/mol. The molecule has 0 radical (unpaired) electrons. The third kappa shape index (κ3) is 4.59. The van der Waals surface area contributed by atoms with Gasteiger partial charge in [-0.05, 0) is 61.6 Å². The minimum Gasteiger partial charge on any atom is -0.462 e. The molecule has 0 atom stereocenters. The molecule has 0 aliphatic heterocycles. The summed E-state index contributed by atoms with van der Waals surface area (Å²) in [6.45, 7) is 7.56. The molecule has 0 fully saturated rings. The Hall–Kier alpha value is -2.81. The molecule has 1 rings (SSSR count). The van der Waals surface area contributed by atoms with Gasteiger partial charge in [0.2, 0.25) is 0 Å². The van der Waals surface area contributed by atoms with Gasteiger partial charge in [0.25, 0.3) is 0 Å². The van der Waals surface area contributed by atoms with Crippen molar-refractivity contribution in [2.75, 3.05) is 13.7 Å². The fraction of sp³-hybridized carbons (Fsp3) is 0.389. The van der Waals surface area contributed by atoms with Crippen LogP contribution in [0.15, 0.2) is 11.6 Å². The van der Waals surface area contributed by atoms with Crippen LogP contribution in [0.5, 0.6) is 0 Å². The minimum atomic E-state index is -0.768. The Kier molecular flexibility index (Phi) is 6.99. The van der Waals surface area contributed by atoms with Gasteiger partial charge >= 0.3 is 12.1 Å². The lowest BCUT2D eigenvalue weighted by Gasteiger charge is -2.15. The number of methoxy groups -OCH3 is 1. The van der Waals surface area contributed by atoms with E-state index in [0.717, 1.165) is 27.8 Å². The summed E-state index contributed by atoms with van der Waals surface area (Å²) >= 11 is 0. The van der Waals surface area contributed by atoms with Crippen LogP contribution in [-0.2, 0) is 25.6 Å². The number of nitrogens with zero attached hydrogens (tertiary/aromatic N) is 1. The molecule has 0 N–H and O–H groups in total. The fourth-order valence-corrected chi connectivity index (χ4v) is 2.37. The summed E-state index contributed by atoms with van der Waals surface area (Å²) in [4.78, 5) is 23.0. The summed E-state index contributed by atoms with van der Waals surface area (Å²) in [6.07, 6.45) is 0.736. The summed E-state index contributed by atoms with van der Waals surface area (Å²) in [5, 5.41) is 9.19. The summed E-state index contributed by atoms with van der Waals surface area (Å²) in [6, 6.07) is 3.78. The highest BCUT2D eigenvalue weighted by Gasteiger charge is 2.15. The third-order valence-corrected chi connectivity index (χ3v) is 3.60. The lowest BCUT2D eigenvalue weighted by atomic mass is 9.92. The number of rotatable bonds is 5. The van der Waals surface area contributed by atoms with Crippen LogP contribution in [0.3, 0.4) is 0 Å². The summed E-state index contributed by atoms with van der Waals surface area (Å²) in [5.41, 5.74) is 4.14. The van der Waals surface area contributed by atoms with Crippen molar-refractivity contribution in [1.29, 1.82) is 5.26 Å². The predicted octanol–water partition coefficient (Wildman–Crippen LogP) is 3.36. The largest absolute Gasteiger partial charge is 0.508 e. The molecular weight excluding hydrogens is 310 g/mol. The molecular formula is C18H21NO5. The van der Waals surface area contributed by atoms with Crippen LogP contribution in [0.2, 0.25) is 0 Å². The molecule has 0 unspecified atom stereocenters. The molecule has 6 nitrogen and oxygen atoms in total. The van der Waals surface area contributed by atoms with Crippen LogP contribution in [-0.4, -0.2) is 25.8 Å². The van der Waals surface area contributed by atoms with Gasteiger partial charge in [-0.3, -0.25) is 0 Å². The molecule has 0 saturated heterocycles. The second-order valence-electron chi connectivity index (χ2n) is 5.16. The van der Waals surface area contributed by atoms with E-state index in [9.17, 15) is 14.9 Å². The van der Waals surface area contributed by atoms with Crippen molar-refractivity contribution >= 4 is 18.2 Å². The molecule has 0 saturated carbocycles. The molecule has 0 bridgehead atoms. The number of carbonyl (C=O) groups excluding carboxylic acids is 2. The molecule has 0 aromatic heterocycles. The first-order valence-electron chi connectivity index (χ1n) is 7.45. The SMILES string of the molecule is CCOC(=O)/C(C#N)=C/c1c(C)cc(C)c(COC(=O)OC)c1C. The highest BCUT2D eigenvalue weighted by Crippen LogP contribution is 2.25. The zero-order chi connectivity index (χ0) is 18.3. The quantitative estimate of drug-likeness (QED) is 0.467. The maximum Gasteiger partial charge on any atom is 0.508 e. The summed E-state index contributed by atoms with van der Waals surface area (Å²) in [7, 11) is 1.24. The molecule has 0 heterocycles. The van der Waals surface area contributed by atoms with E-state index in [1.54, 1.807) is 6.92 Å². The Bertz CT molecular complexity index is 713. The van der Waals surface area contributed by atoms with Gasteiger partial charge in [-0.1, -0.05) is 6.07 Å². The Labute approximate surface area is 141 Å². The normalized spacial score (nSPS) is 10.8. The number of benzene rings is 1. The standard InChI is InChI=1S/C18H21NO5/c1-6-23-17(20)14(9-19)8-15-11(2)7-12(3)16(13(15)4)10-24-18(21)22-5/h7-8H,6,10H2,1-5H3/b14-8+. The van der Waals surface area contributed by atoms with Crippen molar-refractivity contribution in [3.05, 3.63) is 39.5 Å². The van der Waals surface area contributed by atoms with Gasteiger partial charge in [-0.2, -0.15) is 5.26 Å². The second-order valence-corrected chi connectivity index (χ2v) is 5.16. The fourth-order valence-electron chi connectivity index (χ4n) is 2.37. The maximum atomic E-state index is 11.8. The van der Waals surface area contributed by atoms with Crippen LogP contribution in [0, 0.1) is 32.1 Å². The zero-order valence-corrected chi connectivity index (χ0v) is 14.6. The Morgan fingerprint density at radius 1 is 1.21 bits per heavy atom. The van der Waals surface area contributed by atoms with E-state index in [0.29, 0.717) is 0 Å². The number of aryl methyl sites for hydroxylation is 2. The first kappa shape index (κ1) is 19.2. The topological polar surface area (TPSA) is 85.6 Å². The third-order valence-electron chi connectivity index (χ3n) is 3.60. The second kappa shape index (κ2) is 8.73. The Morgan fingerprint density at radius 2 is 1.88 bits per heavy atom. The van der Waals surface area contributed by atoms with E-state index >= 15 is 0 Å². The smallest absolute Gasteiger partial charge is 0.462 e. The number of hydrogen-bond acceptors (Lipinski definition) is 6. The molecule has 1 aromatic carbocycles. The summed E-state index contributed by atoms with van der Waals surface area (Å²) < 4.78 is 14.4. The van der Waals surface area contributed by atoms with Crippen LogP contribution < -0.4 is 0 Å². The maximum absolute atomic E-state index is 11.8. The van der Waals surface area contributed by atoms with Crippen LogP contribution >= 0.6 is 0 Å². The first-order valence-corrected chi connectivity index (χ1v) is 7.45. The molecule has 0 spiro atoms. The van der Waals surface area contributed by atoms with Crippen LogP contribution in [0.4, 0.5) is 4.79 Å². The lowest BCUT2D eigenvalue weighted by molar-refractivity contribution is -0.137. The van der Waals surface area contributed by atoms with E-state index in [1.165, 1.54) is 13.2 Å². The first-order chi connectivity index (χ1) is 11.3. The number of ether oxygens (including phenoxy) is 3. The number of hydrogen-bond donors (Lipinski definition) is 0. The molecule has 0 aliphatic carbocycles. The van der Waals surface area contributed by atoms with E-state index in [4.69, 9.17) is 9.47 Å². The molecule has 1 aromatic rings. The Morgan fingerprint density at radius 3 is 2.42 bits per heavy atom. The van der Waals surface area contributed by atoms with E-state index in [-0.39, 0.29) is 18.8 Å². The zero-order valence-electron chi connectivity index (χ0n) is 14.6. The number of carbonyl (C=O) groups is 2. The average molecular weight is 331 g/mol. The van der Waals surface area contributed by atoms with Gasteiger partial charge in [-0.25, -0.2) is 9.59 Å². The number of nitriles is 1. The van der Waals surface area contributed by atoms with Crippen molar-refractivity contribution in [3.63, 3.8) is 0 Å². The van der Waals surface area contributed by atoms with Gasteiger partial charge in [0.1, 0.15) is 18.2 Å². The highest BCUT2D eigenvalue weighted by molar-refractivity contribution is 5.98. The molecule has 24 heavy (non-hydrogen) atoms. The number of esters is 1. The van der Waals surface area contributed by atoms with E-state index < -0.39 is 12.1 Å². The molecule has 128 valence electrons. The predicted molar refractivity (Wildman–Crippen MR) is 88.1 cm³/mol. The van der Waals surface area contributed by atoms with E-state index in [1.807, 2.05) is 32.9 Å². The van der Waals surface area contributed by atoms with Gasteiger partial charge in [0.15, 0.2) is 0 Å². The highest BCUT2D eigenvalue weighted by atomic mass is 16.7. The van der Waals surface area contributed by atoms with Crippen molar-refractivity contribution in [2.24, 2.45) is 0 Å². The van der Waals surface area contributed by atoms with Crippen molar-refractivity contribution < 1.29 is 23.8 Å². The Balaban J connectivity index is 3.31. The van der Waals surface area contributed by atoms with Crippen molar-refractivity contribution in [3.8, 4) is 6.07 Å². The van der Waals surface area contributed by atoms with E-state index in [2.05, 4.69) is 4.74 Å². The van der Waals surface area contributed by atoms with Crippen LogP contribution in [0.25, 0.3) is 6.08 Å². The molecule has 0 amide bonds. The van der Waals surface area contributed by atoms with Gasteiger partial charge < -0.3 is 14.2 Å². The minimum absolute atomic E-state index is 0.0484. The lowest BCUT2D eigenvalue weighted by Crippen LogP contribution is -2.09. The molecule has 6 heteroatoms. The van der Waals surface area contributed by atoms with Crippen molar-refractivity contribution in [2.45, 2.75) is 34.3 Å². The summed E-state index contributed by atoms with van der Waals surface area (Å²) in [5.74, 6) is -0.660. The van der Waals surface area contributed by atoms with Gasteiger partial charge in [0.05, 0.1) is 13.7 Å².